The Balaban J connectivity index is 1.13. The Labute approximate surface area is 353 Å². The maximum atomic E-state index is 6.36. The molecule has 0 unspecified atom stereocenters. The smallest absolute Gasteiger partial charge is 0.135 e. The molecule has 3 heteroatoms. The maximum Gasteiger partial charge on any atom is 0.135 e. The Morgan fingerprint density at radius 3 is 1.77 bits per heavy atom. The SMILES string of the molecule is c1ccc(-c2ccc(N(c3ccc4oc5ccccc5c4c3)c3ccc4c5ccccc5n(-c5ccccc5-c5ccccc5)c4c3)cc2-c2ccc3ccccc3c2)cc1. The summed E-state index contributed by atoms with van der Waals surface area (Å²) in [5.41, 5.74) is 15.4. The highest BCUT2D eigenvalue weighted by Crippen LogP contribution is 2.45. The molecule has 2 aromatic heterocycles. The van der Waals surface area contributed by atoms with Crippen molar-refractivity contribution in [3.05, 3.63) is 231 Å². The molecule has 2 heterocycles. The zero-order chi connectivity index (χ0) is 40.3. The Morgan fingerprint density at radius 2 is 0.918 bits per heavy atom. The Bertz CT molecular complexity index is 3600. The van der Waals surface area contributed by atoms with E-state index in [9.17, 15) is 0 Å². The summed E-state index contributed by atoms with van der Waals surface area (Å²) in [5, 5.41) is 7.05. The lowest BCUT2D eigenvalue weighted by molar-refractivity contribution is 0.669. The molecule has 0 aliphatic rings. The number of nitrogens with zero attached hydrogens (tertiary/aromatic N) is 2. The second kappa shape index (κ2) is 14.3. The first kappa shape index (κ1) is 34.9. The highest BCUT2D eigenvalue weighted by atomic mass is 16.3. The minimum atomic E-state index is 0.870. The second-order valence-corrected chi connectivity index (χ2v) is 15.7. The van der Waals surface area contributed by atoms with Crippen LogP contribution < -0.4 is 4.90 Å². The van der Waals surface area contributed by atoms with E-state index in [2.05, 4.69) is 228 Å². The van der Waals surface area contributed by atoms with Crippen molar-refractivity contribution < 1.29 is 4.42 Å². The molecule has 0 aliphatic carbocycles. The van der Waals surface area contributed by atoms with Gasteiger partial charge in [0.15, 0.2) is 0 Å². The van der Waals surface area contributed by atoms with Crippen molar-refractivity contribution >= 4 is 71.6 Å². The summed E-state index contributed by atoms with van der Waals surface area (Å²) >= 11 is 0. The zero-order valence-corrected chi connectivity index (χ0v) is 33.2. The number of rotatable bonds is 7. The largest absolute Gasteiger partial charge is 0.456 e. The number of anilines is 3. The van der Waals surface area contributed by atoms with E-state index in [0.717, 1.165) is 50.2 Å². The quantitative estimate of drug-likeness (QED) is 0.161. The van der Waals surface area contributed by atoms with E-state index in [1.807, 2.05) is 12.1 Å². The molecule has 12 rings (SSSR count). The summed E-state index contributed by atoms with van der Waals surface area (Å²) in [6.07, 6.45) is 0. The first-order chi connectivity index (χ1) is 30.2. The lowest BCUT2D eigenvalue weighted by atomic mass is 9.92. The third kappa shape index (κ3) is 5.90. The zero-order valence-electron chi connectivity index (χ0n) is 33.2. The van der Waals surface area contributed by atoms with Crippen molar-refractivity contribution in [1.29, 1.82) is 0 Å². The number of furan rings is 1. The van der Waals surface area contributed by atoms with E-state index < -0.39 is 0 Å². The van der Waals surface area contributed by atoms with Crippen LogP contribution in [0.2, 0.25) is 0 Å². The number of para-hydroxylation sites is 3. The first-order valence-electron chi connectivity index (χ1n) is 20.8. The average Bonchev–Trinajstić information content (AvgIpc) is 3.87. The normalized spacial score (nSPS) is 11.6. The first-order valence-corrected chi connectivity index (χ1v) is 20.8. The third-order valence-electron chi connectivity index (χ3n) is 12.2. The molecule has 0 N–H and O–H groups in total. The molecule has 0 saturated carbocycles. The van der Waals surface area contributed by atoms with Gasteiger partial charge in [0.05, 0.1) is 16.7 Å². The van der Waals surface area contributed by atoms with Crippen molar-refractivity contribution in [1.82, 2.24) is 4.57 Å². The van der Waals surface area contributed by atoms with Gasteiger partial charge in [0, 0.05) is 44.2 Å². The molecule has 10 aromatic carbocycles. The van der Waals surface area contributed by atoms with Crippen LogP contribution in [0.15, 0.2) is 235 Å². The number of benzene rings is 10. The molecular formula is C58H38N2O. The highest BCUT2D eigenvalue weighted by Gasteiger charge is 2.22. The Morgan fingerprint density at radius 1 is 0.311 bits per heavy atom. The predicted octanol–water partition coefficient (Wildman–Crippen LogP) is 16.3. The van der Waals surface area contributed by atoms with Gasteiger partial charge in [0.2, 0.25) is 0 Å². The van der Waals surface area contributed by atoms with Gasteiger partial charge in [-0.1, -0.05) is 164 Å². The van der Waals surface area contributed by atoms with E-state index in [0.29, 0.717) is 0 Å². The van der Waals surface area contributed by atoms with Crippen LogP contribution in [0.5, 0.6) is 0 Å². The molecule has 0 radical (unpaired) electrons. The van der Waals surface area contributed by atoms with E-state index in [1.165, 1.54) is 60.4 Å². The van der Waals surface area contributed by atoms with Crippen LogP contribution in [0.25, 0.3) is 93.6 Å². The van der Waals surface area contributed by atoms with Crippen LogP contribution in [0, 0.1) is 0 Å². The summed E-state index contributed by atoms with van der Waals surface area (Å²) in [6.45, 7) is 0. The van der Waals surface area contributed by atoms with Gasteiger partial charge in [-0.15, -0.1) is 0 Å². The molecule has 0 atom stereocenters. The van der Waals surface area contributed by atoms with Gasteiger partial charge in [0.1, 0.15) is 11.2 Å². The molecule has 0 bridgehead atoms. The van der Waals surface area contributed by atoms with Crippen molar-refractivity contribution in [2.75, 3.05) is 4.90 Å². The van der Waals surface area contributed by atoms with Gasteiger partial charge in [-0.05, 0) is 105 Å². The molecule has 0 spiro atoms. The van der Waals surface area contributed by atoms with E-state index in [-0.39, 0.29) is 0 Å². The second-order valence-electron chi connectivity index (χ2n) is 15.7. The molecule has 0 fully saturated rings. The lowest BCUT2D eigenvalue weighted by Crippen LogP contribution is -2.10. The van der Waals surface area contributed by atoms with Crippen molar-refractivity contribution in [2.24, 2.45) is 0 Å². The van der Waals surface area contributed by atoms with Crippen LogP contribution >= 0.6 is 0 Å². The minimum absolute atomic E-state index is 0.870. The number of hydrogen-bond donors (Lipinski definition) is 0. The van der Waals surface area contributed by atoms with Gasteiger partial charge < -0.3 is 13.9 Å². The fourth-order valence-corrected chi connectivity index (χ4v) is 9.32. The van der Waals surface area contributed by atoms with Crippen molar-refractivity contribution in [3.8, 4) is 39.1 Å². The lowest BCUT2D eigenvalue weighted by Gasteiger charge is -2.27. The van der Waals surface area contributed by atoms with E-state index in [1.54, 1.807) is 0 Å². The third-order valence-corrected chi connectivity index (χ3v) is 12.2. The minimum Gasteiger partial charge on any atom is -0.456 e. The topological polar surface area (TPSA) is 21.3 Å². The van der Waals surface area contributed by atoms with Crippen LogP contribution in [-0.2, 0) is 0 Å². The fraction of sp³-hybridized carbons (Fsp3) is 0. The average molecular weight is 779 g/mol. The van der Waals surface area contributed by atoms with Gasteiger partial charge in [-0.2, -0.15) is 0 Å². The Hall–Kier alpha value is -8.14. The molecule has 61 heavy (non-hydrogen) atoms. The molecule has 0 aliphatic heterocycles. The summed E-state index contributed by atoms with van der Waals surface area (Å²) < 4.78 is 8.80. The van der Waals surface area contributed by atoms with Gasteiger partial charge in [-0.3, -0.25) is 0 Å². The van der Waals surface area contributed by atoms with Gasteiger partial charge in [-0.25, -0.2) is 0 Å². The highest BCUT2D eigenvalue weighted by molar-refractivity contribution is 6.11. The molecular weight excluding hydrogens is 741 g/mol. The molecule has 12 aromatic rings. The molecule has 3 nitrogen and oxygen atoms in total. The summed E-state index contributed by atoms with van der Waals surface area (Å²) in [6, 6.07) is 83.2. The van der Waals surface area contributed by atoms with Crippen LogP contribution in [0.3, 0.4) is 0 Å². The van der Waals surface area contributed by atoms with E-state index in [4.69, 9.17) is 4.42 Å². The fourth-order valence-electron chi connectivity index (χ4n) is 9.32. The number of fused-ring (bicyclic) bond motifs is 7. The van der Waals surface area contributed by atoms with Crippen LogP contribution in [0.4, 0.5) is 17.1 Å². The monoisotopic (exact) mass is 778 g/mol. The molecule has 0 amide bonds. The van der Waals surface area contributed by atoms with Crippen molar-refractivity contribution in [2.45, 2.75) is 0 Å². The van der Waals surface area contributed by atoms with Crippen LogP contribution in [0.1, 0.15) is 0 Å². The predicted molar refractivity (Wildman–Crippen MR) is 257 cm³/mol. The summed E-state index contributed by atoms with van der Waals surface area (Å²) in [4.78, 5) is 2.41. The van der Waals surface area contributed by atoms with Crippen LogP contribution in [-0.4, -0.2) is 4.57 Å². The number of hydrogen-bond acceptors (Lipinski definition) is 2. The Kier molecular flexibility index (Phi) is 8.17. The molecule has 0 saturated heterocycles. The molecule has 286 valence electrons. The maximum absolute atomic E-state index is 6.36. The summed E-state index contributed by atoms with van der Waals surface area (Å²) in [5.74, 6) is 0. The van der Waals surface area contributed by atoms with Crippen molar-refractivity contribution in [3.63, 3.8) is 0 Å². The number of aromatic nitrogens is 1. The van der Waals surface area contributed by atoms with Gasteiger partial charge in [0.25, 0.3) is 0 Å². The summed E-state index contributed by atoms with van der Waals surface area (Å²) in [7, 11) is 0. The van der Waals surface area contributed by atoms with E-state index >= 15 is 0 Å². The van der Waals surface area contributed by atoms with Gasteiger partial charge >= 0.3 is 0 Å². The standard InChI is InChI=1S/C58H38N2O/c1-3-16-40(17-4-1)47-32-29-44(36-52(47)43-28-27-39-15-7-8-20-42(39)35-43)59(45-31-34-58-53(37-45)51-23-11-14-26-57(51)61-58)46-30-33-50-49-22-10-13-25-55(49)60(56(50)38-46)54-24-12-9-21-48(54)41-18-5-2-6-19-41/h1-38H.